The fourth-order valence-electron chi connectivity index (χ4n) is 2.73. The van der Waals surface area contributed by atoms with Crippen LogP contribution in [0.4, 0.5) is 0 Å². The van der Waals surface area contributed by atoms with Crippen molar-refractivity contribution >= 4 is 5.91 Å². The number of hydrogen-bond acceptors (Lipinski definition) is 7. The third-order valence-corrected chi connectivity index (χ3v) is 4.45. The highest BCUT2D eigenvalue weighted by atomic mass is 16.4. The van der Waals surface area contributed by atoms with Gasteiger partial charge in [-0.25, -0.2) is 0 Å². The predicted octanol–water partition coefficient (Wildman–Crippen LogP) is -0.616. The van der Waals surface area contributed by atoms with Gasteiger partial charge in [-0.05, 0) is 6.42 Å². The normalized spacial score (nSPS) is 16.1. The van der Waals surface area contributed by atoms with Gasteiger partial charge in [-0.3, -0.25) is 4.79 Å². The van der Waals surface area contributed by atoms with Crippen molar-refractivity contribution in [2.75, 3.05) is 26.3 Å². The summed E-state index contributed by atoms with van der Waals surface area (Å²) in [5.74, 6) is -0.240. The zero-order valence-corrected chi connectivity index (χ0v) is 15.8. The Bertz CT molecular complexity index is 356. The van der Waals surface area contributed by atoms with Gasteiger partial charge in [0.15, 0.2) is 0 Å². The minimum Gasteiger partial charge on any atom is -0.395 e. The quantitative estimate of drug-likeness (QED) is 0.196. The Kier molecular flexibility index (Phi) is 14.9. The van der Waals surface area contributed by atoms with E-state index in [-0.39, 0.29) is 25.6 Å². The second kappa shape index (κ2) is 15.3. The zero-order valence-electron chi connectivity index (χ0n) is 15.8. The van der Waals surface area contributed by atoms with Crippen molar-refractivity contribution < 1.29 is 35.4 Å². The molecule has 4 atom stereocenters. The molecule has 0 aliphatic rings. The van der Waals surface area contributed by atoms with E-state index in [9.17, 15) is 25.2 Å². The summed E-state index contributed by atoms with van der Waals surface area (Å²) in [5, 5.41) is 56.7. The lowest BCUT2D eigenvalue weighted by molar-refractivity contribution is -0.140. The second-order valence-electron chi connectivity index (χ2n) is 6.73. The van der Waals surface area contributed by atoms with Gasteiger partial charge in [0.1, 0.15) is 24.4 Å². The average molecular weight is 379 g/mol. The molecule has 0 aromatic rings. The first-order valence-electron chi connectivity index (χ1n) is 9.60. The lowest BCUT2D eigenvalue weighted by atomic mass is 10.0. The van der Waals surface area contributed by atoms with Gasteiger partial charge < -0.3 is 35.5 Å². The largest absolute Gasteiger partial charge is 0.395 e. The molecule has 0 radical (unpaired) electrons. The molecule has 0 heterocycles. The van der Waals surface area contributed by atoms with Crippen LogP contribution in [0.1, 0.15) is 58.3 Å². The minimum absolute atomic E-state index is 0.0117. The summed E-state index contributed by atoms with van der Waals surface area (Å²) in [6.45, 7) is 0.850. The number of hydrogen-bond donors (Lipinski definition) is 6. The molecule has 0 aliphatic carbocycles. The third kappa shape index (κ3) is 10.4. The molecule has 6 N–H and O–H groups in total. The Labute approximate surface area is 156 Å². The van der Waals surface area contributed by atoms with Crippen molar-refractivity contribution in [2.45, 2.75) is 82.7 Å². The highest BCUT2D eigenvalue weighted by Gasteiger charge is 2.31. The van der Waals surface area contributed by atoms with Crippen LogP contribution in [0.15, 0.2) is 0 Å². The van der Waals surface area contributed by atoms with Crippen molar-refractivity contribution in [3.63, 3.8) is 0 Å². The molecule has 26 heavy (non-hydrogen) atoms. The molecule has 0 saturated carbocycles. The van der Waals surface area contributed by atoms with Gasteiger partial charge in [-0.1, -0.05) is 45.4 Å². The van der Waals surface area contributed by atoms with Crippen LogP contribution in [0.25, 0.3) is 0 Å². The van der Waals surface area contributed by atoms with Crippen molar-refractivity contribution in [3.8, 4) is 0 Å². The highest BCUT2D eigenvalue weighted by Crippen LogP contribution is 2.11. The van der Waals surface area contributed by atoms with Crippen LogP contribution in [-0.4, -0.2) is 92.2 Å². The topological polar surface area (TPSA) is 142 Å². The number of aliphatic hydroxyl groups excluding tert-OH is 6. The summed E-state index contributed by atoms with van der Waals surface area (Å²) in [6.07, 6.45) is 1.24. The number of carbonyl (C=O) groups is 1. The van der Waals surface area contributed by atoms with Crippen molar-refractivity contribution in [1.82, 2.24) is 4.90 Å². The van der Waals surface area contributed by atoms with E-state index in [1.54, 1.807) is 0 Å². The van der Waals surface area contributed by atoms with Gasteiger partial charge in [0.05, 0.1) is 13.2 Å². The molecule has 0 aromatic carbocycles. The maximum atomic E-state index is 12.3. The lowest BCUT2D eigenvalue weighted by Gasteiger charge is -2.30. The number of amides is 1. The number of aliphatic hydroxyl groups is 6. The van der Waals surface area contributed by atoms with E-state index in [0.29, 0.717) is 6.42 Å². The molecule has 0 fully saturated rings. The highest BCUT2D eigenvalue weighted by molar-refractivity contribution is 5.76. The fourth-order valence-corrected chi connectivity index (χ4v) is 2.73. The molecule has 0 saturated heterocycles. The van der Waals surface area contributed by atoms with Crippen LogP contribution in [0, 0.1) is 0 Å². The van der Waals surface area contributed by atoms with E-state index in [1.165, 1.54) is 24.2 Å². The van der Waals surface area contributed by atoms with Gasteiger partial charge in [-0.2, -0.15) is 0 Å². The van der Waals surface area contributed by atoms with Crippen LogP contribution in [0.2, 0.25) is 0 Å². The summed E-state index contributed by atoms with van der Waals surface area (Å²) in [5.41, 5.74) is 0. The van der Waals surface area contributed by atoms with Crippen molar-refractivity contribution in [1.29, 1.82) is 0 Å². The molecule has 156 valence electrons. The Balaban J connectivity index is 4.33. The van der Waals surface area contributed by atoms with E-state index in [2.05, 4.69) is 6.92 Å². The van der Waals surface area contributed by atoms with E-state index >= 15 is 0 Å². The molecular weight excluding hydrogens is 342 g/mol. The molecule has 1 amide bonds. The van der Waals surface area contributed by atoms with Crippen LogP contribution in [0.3, 0.4) is 0 Å². The van der Waals surface area contributed by atoms with E-state index in [1.807, 2.05) is 0 Å². The molecule has 8 heteroatoms. The predicted molar refractivity (Wildman–Crippen MR) is 97.4 cm³/mol. The SMILES string of the molecule is CCCCCCCCCC(=O)N(CCO)C[C@@H](O)[C@@H](O)[C@@H](O)[C@@H](O)CO. The Morgan fingerprint density at radius 2 is 1.38 bits per heavy atom. The minimum atomic E-state index is -1.73. The first kappa shape index (κ1) is 25.2. The lowest BCUT2D eigenvalue weighted by Crippen LogP contribution is -2.51. The summed E-state index contributed by atoms with van der Waals surface area (Å²) in [6, 6.07) is 0. The van der Waals surface area contributed by atoms with Gasteiger partial charge in [0.2, 0.25) is 5.91 Å². The summed E-state index contributed by atoms with van der Waals surface area (Å²) in [4.78, 5) is 13.5. The second-order valence-corrected chi connectivity index (χ2v) is 6.73. The van der Waals surface area contributed by atoms with Crippen LogP contribution in [-0.2, 0) is 4.79 Å². The number of rotatable bonds is 16. The molecular formula is C18H37NO7. The van der Waals surface area contributed by atoms with Crippen LogP contribution < -0.4 is 0 Å². The summed E-state index contributed by atoms with van der Waals surface area (Å²) < 4.78 is 0. The van der Waals surface area contributed by atoms with Gasteiger partial charge in [0, 0.05) is 19.5 Å². The smallest absolute Gasteiger partial charge is 0.222 e. The van der Waals surface area contributed by atoms with Crippen molar-refractivity contribution in [3.05, 3.63) is 0 Å². The van der Waals surface area contributed by atoms with E-state index < -0.39 is 31.0 Å². The van der Waals surface area contributed by atoms with E-state index in [0.717, 1.165) is 25.7 Å². The molecule has 0 rings (SSSR count). The van der Waals surface area contributed by atoms with Gasteiger partial charge >= 0.3 is 0 Å². The average Bonchev–Trinajstić information content (AvgIpc) is 2.64. The first-order chi connectivity index (χ1) is 12.4. The molecule has 0 unspecified atom stereocenters. The summed E-state index contributed by atoms with van der Waals surface area (Å²) in [7, 11) is 0. The van der Waals surface area contributed by atoms with Crippen LogP contribution >= 0.6 is 0 Å². The van der Waals surface area contributed by atoms with Crippen LogP contribution in [0.5, 0.6) is 0 Å². The maximum absolute atomic E-state index is 12.3. The molecule has 8 nitrogen and oxygen atoms in total. The third-order valence-electron chi connectivity index (χ3n) is 4.45. The Morgan fingerprint density at radius 1 is 0.846 bits per heavy atom. The molecule has 0 aliphatic heterocycles. The Morgan fingerprint density at radius 3 is 1.92 bits per heavy atom. The fraction of sp³-hybridized carbons (Fsp3) is 0.944. The number of carbonyl (C=O) groups excluding carboxylic acids is 1. The summed E-state index contributed by atoms with van der Waals surface area (Å²) >= 11 is 0. The van der Waals surface area contributed by atoms with Gasteiger partial charge in [0.25, 0.3) is 0 Å². The number of unbranched alkanes of at least 4 members (excludes halogenated alkanes) is 6. The standard InChI is InChI=1S/C18H37NO7/c1-2-3-4-5-6-7-8-9-16(24)19(10-11-20)12-14(22)17(25)18(26)15(23)13-21/h14-15,17-18,20-23,25-26H,2-13H2,1H3/t14-,15+,17-,18+/m1/s1. The zero-order chi connectivity index (χ0) is 19.9. The van der Waals surface area contributed by atoms with Crippen molar-refractivity contribution in [2.24, 2.45) is 0 Å². The molecule has 0 bridgehead atoms. The van der Waals surface area contributed by atoms with Gasteiger partial charge in [-0.15, -0.1) is 0 Å². The first-order valence-corrected chi connectivity index (χ1v) is 9.60. The Hall–Kier alpha value is -0.770. The maximum Gasteiger partial charge on any atom is 0.222 e. The number of nitrogens with zero attached hydrogens (tertiary/aromatic N) is 1. The molecule has 0 aromatic heterocycles. The molecule has 0 spiro atoms. The van der Waals surface area contributed by atoms with E-state index in [4.69, 9.17) is 10.2 Å². The monoisotopic (exact) mass is 379 g/mol.